The van der Waals surface area contributed by atoms with Crippen LogP contribution in [0.4, 0.5) is 4.39 Å². The van der Waals surface area contributed by atoms with E-state index in [1.54, 1.807) is 19.2 Å². The van der Waals surface area contributed by atoms with Crippen LogP contribution >= 0.6 is 11.3 Å². The van der Waals surface area contributed by atoms with Gasteiger partial charge in [-0.1, -0.05) is 34.1 Å². The summed E-state index contributed by atoms with van der Waals surface area (Å²) in [6.07, 6.45) is -0.139. The normalized spacial score (nSPS) is 36.8. The third-order valence-electron chi connectivity index (χ3n) is 7.90. The lowest BCUT2D eigenvalue weighted by atomic mass is 9.71. The molecule has 2 fully saturated rings. The Labute approximate surface area is 217 Å². The summed E-state index contributed by atoms with van der Waals surface area (Å²) < 4.78 is 26.7. The smallest absolute Gasteiger partial charge is 0.309 e. The van der Waals surface area contributed by atoms with Gasteiger partial charge in [0.25, 0.3) is 0 Å². The Morgan fingerprint density at radius 3 is 2.61 bits per heavy atom. The van der Waals surface area contributed by atoms with Crippen molar-refractivity contribution < 1.29 is 33.7 Å². The average molecular weight is 526 g/mol. The van der Waals surface area contributed by atoms with Gasteiger partial charge in [-0.2, -0.15) is 0 Å². The molecule has 3 heterocycles. The summed E-state index contributed by atoms with van der Waals surface area (Å²) in [4.78, 5) is 30.5. The van der Waals surface area contributed by atoms with E-state index >= 15 is 4.39 Å². The molecule has 0 radical (unpaired) electrons. The number of aliphatic hydroxyl groups is 2. The van der Waals surface area contributed by atoms with Gasteiger partial charge in [-0.15, -0.1) is 11.3 Å². The molecule has 0 saturated carbocycles. The minimum absolute atomic E-state index is 0.125. The SMILES string of the molecule is CC[C@H]1C(=O)C(C)(C)[C@@H](O)CC(=O)O[C@H](C(F)=Cc2csc(C)n2)CC2OC2(C)CCC[C@H](C)[C@@H]1O. The quantitative estimate of drug-likeness (QED) is 0.432. The number of ether oxygens (including phenoxy) is 2. The molecule has 1 aromatic heterocycles. The van der Waals surface area contributed by atoms with Crippen molar-refractivity contribution in [1.82, 2.24) is 4.98 Å². The summed E-state index contributed by atoms with van der Waals surface area (Å²) in [5, 5.41) is 24.4. The first kappa shape index (κ1) is 28.9. The van der Waals surface area contributed by atoms with Gasteiger partial charge in [-0.05, 0) is 45.1 Å². The molecule has 2 aliphatic rings. The molecule has 2 aliphatic heterocycles. The number of carbonyl (C=O) groups excluding carboxylic acids is 2. The van der Waals surface area contributed by atoms with Gasteiger partial charge in [0.15, 0.2) is 6.10 Å². The van der Waals surface area contributed by atoms with Crippen molar-refractivity contribution in [2.75, 3.05) is 0 Å². The summed E-state index contributed by atoms with van der Waals surface area (Å²) in [6.45, 7) is 10.7. The Morgan fingerprint density at radius 1 is 1.31 bits per heavy atom. The second-order valence-electron chi connectivity index (χ2n) is 11.1. The summed E-state index contributed by atoms with van der Waals surface area (Å²) in [6, 6.07) is 0. The number of fused-ring (bicyclic) bond motifs is 1. The van der Waals surface area contributed by atoms with E-state index in [2.05, 4.69) is 4.98 Å². The number of hydrogen-bond donors (Lipinski definition) is 2. The van der Waals surface area contributed by atoms with E-state index < -0.39 is 53.5 Å². The molecule has 0 aromatic carbocycles. The first-order valence-corrected chi connectivity index (χ1v) is 13.7. The predicted octanol–water partition coefficient (Wildman–Crippen LogP) is 4.77. The highest BCUT2D eigenvalue weighted by Gasteiger charge is 2.53. The van der Waals surface area contributed by atoms with Crippen LogP contribution in [0, 0.1) is 24.2 Å². The Bertz CT molecular complexity index is 977. The number of ketones is 1. The van der Waals surface area contributed by atoms with Crippen LogP contribution in [0.5, 0.6) is 0 Å². The summed E-state index contributed by atoms with van der Waals surface area (Å²) in [5.41, 5.74) is -1.31. The fourth-order valence-electron chi connectivity index (χ4n) is 5.09. The number of esters is 1. The molecule has 0 spiro atoms. The monoisotopic (exact) mass is 525 g/mol. The number of cyclic esters (lactones) is 1. The van der Waals surface area contributed by atoms with Crippen molar-refractivity contribution in [1.29, 1.82) is 0 Å². The first-order valence-electron chi connectivity index (χ1n) is 12.9. The van der Waals surface area contributed by atoms with Crippen LogP contribution in [-0.2, 0) is 19.1 Å². The number of Topliss-reactive ketones (excluding diaryl/α,β-unsaturated/α-hetero) is 1. The number of thiazole rings is 1. The first-order chi connectivity index (χ1) is 16.8. The van der Waals surface area contributed by atoms with Crippen LogP contribution < -0.4 is 0 Å². The number of aromatic nitrogens is 1. The topological polar surface area (TPSA) is 109 Å². The van der Waals surface area contributed by atoms with Gasteiger partial charge in [-0.25, -0.2) is 9.37 Å². The van der Waals surface area contributed by atoms with Gasteiger partial charge in [0.1, 0.15) is 11.6 Å². The summed E-state index contributed by atoms with van der Waals surface area (Å²) in [5.74, 6) is -2.53. The van der Waals surface area contributed by atoms with Gasteiger partial charge in [0.2, 0.25) is 0 Å². The molecule has 2 saturated heterocycles. The zero-order chi connectivity index (χ0) is 26.8. The molecular weight excluding hydrogens is 485 g/mol. The molecule has 202 valence electrons. The highest BCUT2D eigenvalue weighted by molar-refractivity contribution is 7.09. The lowest BCUT2D eigenvalue weighted by molar-refractivity contribution is -0.155. The number of halogens is 1. The average Bonchev–Trinajstić information content (AvgIpc) is 3.24. The molecular formula is C27H40FNO6S. The number of nitrogens with zero attached hydrogens (tertiary/aromatic N) is 1. The summed E-state index contributed by atoms with van der Waals surface area (Å²) in [7, 11) is 0. The Kier molecular flexibility index (Phi) is 9.13. The van der Waals surface area contributed by atoms with Crippen LogP contribution in [0.1, 0.15) is 83.8 Å². The predicted molar refractivity (Wildman–Crippen MR) is 136 cm³/mol. The molecule has 3 rings (SSSR count). The number of epoxide rings is 1. The van der Waals surface area contributed by atoms with Crippen molar-refractivity contribution in [2.45, 2.75) is 110 Å². The van der Waals surface area contributed by atoms with Gasteiger partial charge in [0, 0.05) is 17.7 Å². The summed E-state index contributed by atoms with van der Waals surface area (Å²) >= 11 is 1.39. The molecule has 2 N–H and O–H groups in total. The number of rotatable bonds is 3. The van der Waals surface area contributed by atoms with E-state index in [9.17, 15) is 19.8 Å². The highest BCUT2D eigenvalue weighted by atomic mass is 32.1. The van der Waals surface area contributed by atoms with E-state index in [-0.39, 0.29) is 24.2 Å². The maximum atomic E-state index is 15.3. The standard InChI is InChI=1S/C27H40FNO6S/c1-7-18-24(32)15(2)9-8-10-27(6)22(35-27)12-20(19(28)11-17-14-36-16(3)29-17)34-23(31)13-21(30)26(4,5)25(18)33/h11,14-15,18,20-22,24,30,32H,7-10,12-13H2,1-6H3/t15-,18+,20-,21-,22?,24-,27?/m0/s1. The Hall–Kier alpha value is -1.68. The van der Waals surface area contributed by atoms with E-state index in [1.807, 2.05) is 27.7 Å². The second-order valence-corrected chi connectivity index (χ2v) is 12.2. The molecule has 0 bridgehead atoms. The number of hydrogen-bond acceptors (Lipinski definition) is 8. The van der Waals surface area contributed by atoms with Crippen molar-refractivity contribution in [3.05, 3.63) is 21.9 Å². The van der Waals surface area contributed by atoms with E-state index in [0.717, 1.165) is 11.4 Å². The largest absolute Gasteiger partial charge is 0.455 e. The van der Waals surface area contributed by atoms with E-state index in [1.165, 1.54) is 17.4 Å². The van der Waals surface area contributed by atoms with Gasteiger partial charge in [0.05, 0.1) is 46.5 Å². The lowest BCUT2D eigenvalue weighted by Gasteiger charge is -2.35. The zero-order valence-corrected chi connectivity index (χ0v) is 22.9. The number of aliphatic hydroxyl groups excluding tert-OH is 2. The molecule has 0 amide bonds. The van der Waals surface area contributed by atoms with Gasteiger partial charge in [-0.3, -0.25) is 9.59 Å². The van der Waals surface area contributed by atoms with Crippen molar-refractivity contribution in [2.24, 2.45) is 17.3 Å². The van der Waals surface area contributed by atoms with Gasteiger partial charge < -0.3 is 19.7 Å². The molecule has 0 aliphatic carbocycles. The van der Waals surface area contributed by atoms with Crippen LogP contribution in [0.15, 0.2) is 11.2 Å². The minimum atomic E-state index is -1.35. The minimum Gasteiger partial charge on any atom is -0.455 e. The third-order valence-corrected chi connectivity index (χ3v) is 8.69. The molecule has 2 unspecified atom stereocenters. The highest BCUT2D eigenvalue weighted by Crippen LogP contribution is 2.45. The van der Waals surface area contributed by atoms with Gasteiger partial charge >= 0.3 is 5.97 Å². The van der Waals surface area contributed by atoms with Crippen LogP contribution in [0.3, 0.4) is 0 Å². The molecule has 9 heteroatoms. The fraction of sp³-hybridized carbons (Fsp3) is 0.741. The Balaban J connectivity index is 1.87. The van der Waals surface area contributed by atoms with Crippen LogP contribution in [-0.4, -0.2) is 57.0 Å². The van der Waals surface area contributed by atoms with Crippen molar-refractivity contribution in [3.8, 4) is 0 Å². The van der Waals surface area contributed by atoms with E-state index in [4.69, 9.17) is 9.47 Å². The third kappa shape index (κ3) is 6.60. The number of aryl methyl sites for hydroxylation is 1. The molecule has 7 atom stereocenters. The van der Waals surface area contributed by atoms with Crippen LogP contribution in [0.25, 0.3) is 6.08 Å². The van der Waals surface area contributed by atoms with Crippen molar-refractivity contribution >= 4 is 29.2 Å². The fourth-order valence-corrected chi connectivity index (χ4v) is 5.66. The zero-order valence-electron chi connectivity index (χ0n) is 22.1. The Morgan fingerprint density at radius 2 is 2.00 bits per heavy atom. The number of carbonyl (C=O) groups is 2. The van der Waals surface area contributed by atoms with Crippen molar-refractivity contribution in [3.63, 3.8) is 0 Å². The van der Waals surface area contributed by atoms with E-state index in [0.29, 0.717) is 25.0 Å². The maximum absolute atomic E-state index is 15.3. The lowest BCUT2D eigenvalue weighted by Crippen LogP contribution is -2.46. The molecule has 1 aromatic rings. The second kappa shape index (κ2) is 11.4. The molecule has 36 heavy (non-hydrogen) atoms. The maximum Gasteiger partial charge on any atom is 0.309 e. The van der Waals surface area contributed by atoms with Crippen LogP contribution in [0.2, 0.25) is 0 Å². The molecule has 7 nitrogen and oxygen atoms in total.